The zero-order chi connectivity index (χ0) is 16.5. The van der Waals surface area contributed by atoms with E-state index in [2.05, 4.69) is 29.4 Å². The summed E-state index contributed by atoms with van der Waals surface area (Å²) in [5, 5.41) is 11.7. The molecule has 124 valence electrons. The third-order valence-corrected chi connectivity index (χ3v) is 7.22. The summed E-state index contributed by atoms with van der Waals surface area (Å²) in [5.74, 6) is 1.17. The van der Waals surface area contributed by atoms with Gasteiger partial charge >= 0.3 is 0 Å². The molecular weight excluding hydrogens is 314 g/mol. The Morgan fingerprint density at radius 1 is 1.13 bits per heavy atom. The van der Waals surface area contributed by atoms with Gasteiger partial charge in [0.15, 0.2) is 11.6 Å². The molecule has 3 aliphatic heterocycles. The van der Waals surface area contributed by atoms with Crippen LogP contribution in [0.2, 0.25) is 0 Å². The Labute approximate surface area is 136 Å². The van der Waals surface area contributed by atoms with E-state index in [0.717, 1.165) is 29.1 Å². The van der Waals surface area contributed by atoms with Crippen LogP contribution in [0, 0.1) is 10.8 Å². The normalized spacial score (nSPS) is 30.3. The summed E-state index contributed by atoms with van der Waals surface area (Å²) in [4.78, 5) is 12.9. The molecule has 1 fully saturated rings. The number of nitrogens with one attached hydrogen (secondary N) is 1. The van der Waals surface area contributed by atoms with Gasteiger partial charge in [0.1, 0.15) is 9.84 Å². The summed E-state index contributed by atoms with van der Waals surface area (Å²) in [6, 6.07) is 0. The standard InChI is InChI=1S/C16H21N3O3S/c1-15(2)7-11-13(12(20)8-15)16(3-5-23(21,22)6-4-16)10-9-17-19-14(10)18-11/h18H,3-9H2,1-2H3. The second kappa shape index (κ2) is 4.53. The molecular formula is C16H21N3O3S. The minimum atomic E-state index is -3.00. The van der Waals surface area contributed by atoms with Gasteiger partial charge in [-0.25, -0.2) is 8.42 Å². The maximum absolute atomic E-state index is 12.9. The van der Waals surface area contributed by atoms with Crippen molar-refractivity contribution in [1.29, 1.82) is 0 Å². The molecule has 1 aliphatic carbocycles. The number of hydrogen-bond donors (Lipinski definition) is 1. The number of fused-ring (bicyclic) bond motifs is 2. The molecule has 0 unspecified atom stereocenters. The highest BCUT2D eigenvalue weighted by Gasteiger charge is 2.53. The van der Waals surface area contributed by atoms with E-state index < -0.39 is 15.3 Å². The Bertz CT molecular complexity index is 788. The number of carbonyl (C=O) groups excluding carboxylic acids is 1. The molecule has 4 aliphatic rings. The Hall–Kier alpha value is -1.50. The van der Waals surface area contributed by atoms with Crippen LogP contribution in [-0.4, -0.2) is 32.3 Å². The molecule has 1 N–H and O–H groups in total. The molecule has 7 heteroatoms. The summed E-state index contributed by atoms with van der Waals surface area (Å²) < 4.78 is 23.9. The van der Waals surface area contributed by atoms with Crippen LogP contribution in [0.3, 0.4) is 0 Å². The number of azo groups is 1. The first-order valence-corrected chi connectivity index (χ1v) is 9.90. The first-order valence-electron chi connectivity index (χ1n) is 8.08. The molecule has 3 heterocycles. The van der Waals surface area contributed by atoms with Crippen LogP contribution >= 0.6 is 0 Å². The van der Waals surface area contributed by atoms with E-state index in [1.165, 1.54) is 0 Å². The summed E-state index contributed by atoms with van der Waals surface area (Å²) in [5.41, 5.74) is 2.21. The number of Topliss-reactive ketones (excluding diaryl/α,β-unsaturated/α-hetero) is 1. The van der Waals surface area contributed by atoms with Crippen LogP contribution in [0.1, 0.15) is 39.5 Å². The number of nitrogens with zero attached hydrogens (tertiary/aromatic N) is 2. The predicted molar refractivity (Wildman–Crippen MR) is 85.3 cm³/mol. The second-order valence-corrected chi connectivity index (χ2v) is 10.2. The predicted octanol–water partition coefficient (Wildman–Crippen LogP) is 2.11. The average molecular weight is 335 g/mol. The molecule has 0 aromatic carbocycles. The third kappa shape index (κ3) is 2.20. The molecule has 0 saturated carbocycles. The van der Waals surface area contributed by atoms with Crippen molar-refractivity contribution in [1.82, 2.24) is 5.32 Å². The first-order chi connectivity index (χ1) is 10.7. The van der Waals surface area contributed by atoms with Gasteiger partial charge in [-0.3, -0.25) is 4.79 Å². The lowest BCUT2D eigenvalue weighted by atomic mass is 9.61. The molecule has 0 aromatic heterocycles. The zero-order valence-electron chi connectivity index (χ0n) is 13.5. The van der Waals surface area contributed by atoms with Crippen LogP contribution in [0.25, 0.3) is 0 Å². The second-order valence-electron chi connectivity index (χ2n) is 7.88. The molecule has 23 heavy (non-hydrogen) atoms. The Kier molecular flexibility index (Phi) is 2.96. The van der Waals surface area contributed by atoms with E-state index >= 15 is 0 Å². The monoisotopic (exact) mass is 335 g/mol. The van der Waals surface area contributed by atoms with E-state index in [9.17, 15) is 13.2 Å². The van der Waals surface area contributed by atoms with Crippen LogP contribution in [0.5, 0.6) is 0 Å². The van der Waals surface area contributed by atoms with E-state index in [4.69, 9.17) is 0 Å². The zero-order valence-corrected chi connectivity index (χ0v) is 14.3. The Balaban J connectivity index is 1.85. The summed E-state index contributed by atoms with van der Waals surface area (Å²) in [6.45, 7) is 4.65. The molecule has 0 aromatic rings. The van der Waals surface area contributed by atoms with Crippen molar-refractivity contribution in [2.24, 2.45) is 21.1 Å². The third-order valence-electron chi connectivity index (χ3n) is 5.57. The first kappa shape index (κ1) is 15.1. The van der Waals surface area contributed by atoms with Crippen molar-refractivity contribution in [3.63, 3.8) is 0 Å². The fourth-order valence-electron chi connectivity index (χ4n) is 4.51. The van der Waals surface area contributed by atoms with E-state index in [0.29, 0.717) is 25.8 Å². The van der Waals surface area contributed by atoms with E-state index in [-0.39, 0.29) is 22.7 Å². The highest BCUT2D eigenvalue weighted by atomic mass is 32.2. The van der Waals surface area contributed by atoms with Gasteiger partial charge in [-0.1, -0.05) is 13.8 Å². The molecule has 1 saturated heterocycles. The van der Waals surface area contributed by atoms with Crippen LogP contribution in [-0.2, 0) is 14.6 Å². The van der Waals surface area contributed by atoms with Crippen LogP contribution < -0.4 is 5.32 Å². The summed E-state index contributed by atoms with van der Waals surface area (Å²) >= 11 is 0. The number of dihydropyridines is 1. The van der Waals surface area contributed by atoms with Gasteiger partial charge in [-0.05, 0) is 24.7 Å². The summed E-state index contributed by atoms with van der Waals surface area (Å²) in [7, 11) is -3.00. The van der Waals surface area contributed by atoms with E-state index in [1.807, 2.05) is 0 Å². The van der Waals surface area contributed by atoms with Crippen molar-refractivity contribution in [2.75, 3.05) is 18.1 Å². The van der Waals surface area contributed by atoms with Crippen molar-refractivity contribution in [2.45, 2.75) is 39.5 Å². The topological polar surface area (TPSA) is 88.0 Å². The molecule has 0 atom stereocenters. The lowest BCUT2D eigenvalue weighted by Gasteiger charge is -2.47. The molecule has 0 radical (unpaired) electrons. The van der Waals surface area contributed by atoms with Gasteiger partial charge in [-0.2, -0.15) is 5.11 Å². The number of ketones is 1. The van der Waals surface area contributed by atoms with Crippen LogP contribution in [0.4, 0.5) is 0 Å². The van der Waals surface area contributed by atoms with Gasteiger partial charge in [-0.15, -0.1) is 5.11 Å². The van der Waals surface area contributed by atoms with Crippen molar-refractivity contribution >= 4 is 15.6 Å². The maximum Gasteiger partial charge on any atom is 0.162 e. The lowest BCUT2D eigenvalue weighted by molar-refractivity contribution is -0.119. The van der Waals surface area contributed by atoms with Crippen molar-refractivity contribution < 1.29 is 13.2 Å². The van der Waals surface area contributed by atoms with Gasteiger partial charge in [0.25, 0.3) is 0 Å². The average Bonchev–Trinajstić information content (AvgIpc) is 2.88. The number of rotatable bonds is 0. The van der Waals surface area contributed by atoms with E-state index in [1.54, 1.807) is 0 Å². The Morgan fingerprint density at radius 3 is 2.52 bits per heavy atom. The van der Waals surface area contributed by atoms with Crippen LogP contribution in [0.15, 0.2) is 32.9 Å². The smallest absolute Gasteiger partial charge is 0.162 e. The molecule has 6 nitrogen and oxygen atoms in total. The molecule has 1 spiro atoms. The van der Waals surface area contributed by atoms with Crippen molar-refractivity contribution in [3.05, 3.63) is 22.7 Å². The molecule has 0 amide bonds. The van der Waals surface area contributed by atoms with Gasteiger partial charge < -0.3 is 5.32 Å². The number of carbonyl (C=O) groups is 1. The Morgan fingerprint density at radius 2 is 1.83 bits per heavy atom. The number of hydrogen-bond acceptors (Lipinski definition) is 6. The maximum atomic E-state index is 12.9. The fourth-order valence-corrected chi connectivity index (χ4v) is 6.03. The van der Waals surface area contributed by atoms with Gasteiger partial charge in [0.2, 0.25) is 0 Å². The van der Waals surface area contributed by atoms with Crippen molar-refractivity contribution in [3.8, 4) is 0 Å². The SMILES string of the molecule is CC1(C)CC(=O)C2=C(C1)NC1=C(CN=N1)C21CCS(=O)(=O)CC1. The highest BCUT2D eigenvalue weighted by molar-refractivity contribution is 7.91. The quantitative estimate of drug-likeness (QED) is 0.734. The minimum absolute atomic E-state index is 0.0847. The largest absolute Gasteiger partial charge is 0.342 e. The number of allylic oxidation sites excluding steroid dienone is 2. The molecule has 4 rings (SSSR count). The van der Waals surface area contributed by atoms with Gasteiger partial charge in [0, 0.05) is 28.7 Å². The fraction of sp³-hybridized carbons (Fsp3) is 0.688. The lowest BCUT2D eigenvalue weighted by Crippen LogP contribution is -2.47. The summed E-state index contributed by atoms with van der Waals surface area (Å²) in [6.07, 6.45) is 2.26. The highest BCUT2D eigenvalue weighted by Crippen LogP contribution is 2.55. The molecule has 0 bridgehead atoms. The minimum Gasteiger partial charge on any atom is -0.342 e. The van der Waals surface area contributed by atoms with Gasteiger partial charge in [0.05, 0.1) is 18.1 Å². The number of sulfone groups is 1.